The maximum Gasteiger partial charge on any atom is 0.337 e. The Hall–Kier alpha value is -3.21. The molecule has 0 unspecified atom stereocenters. The topological polar surface area (TPSA) is 93.7 Å². The Morgan fingerprint density at radius 1 is 1.15 bits per heavy atom. The Morgan fingerprint density at radius 3 is 2.62 bits per heavy atom. The van der Waals surface area contributed by atoms with Crippen molar-refractivity contribution in [2.45, 2.75) is 6.61 Å². The molecule has 10 heteroatoms. The molecule has 0 spiro atoms. The Kier molecular flexibility index (Phi) is 10.1. The second-order valence-corrected chi connectivity index (χ2v) is 7.88. The van der Waals surface area contributed by atoms with Crippen molar-refractivity contribution >= 4 is 29.5 Å². The van der Waals surface area contributed by atoms with Crippen molar-refractivity contribution in [3.05, 3.63) is 59.2 Å². The minimum atomic E-state index is -0.370. The van der Waals surface area contributed by atoms with E-state index in [4.69, 9.17) is 31.2 Å². The highest BCUT2D eigenvalue weighted by molar-refractivity contribution is 7.80. The molecule has 0 saturated carbocycles. The molecule has 0 radical (unpaired) electrons. The molecule has 2 aromatic carbocycles. The summed E-state index contributed by atoms with van der Waals surface area (Å²) in [6.45, 7) is 5.44. The van der Waals surface area contributed by atoms with Crippen molar-refractivity contribution in [3.63, 3.8) is 0 Å². The van der Waals surface area contributed by atoms with Gasteiger partial charge in [-0.15, -0.1) is 0 Å². The molecule has 0 atom stereocenters. The third-order valence-corrected chi connectivity index (χ3v) is 5.39. The molecule has 1 heterocycles. The van der Waals surface area contributed by atoms with E-state index in [9.17, 15) is 4.79 Å². The van der Waals surface area contributed by atoms with Crippen LogP contribution in [-0.4, -0.2) is 75.8 Å². The Bertz CT molecular complexity index is 978. The summed E-state index contributed by atoms with van der Waals surface area (Å²) in [6.07, 6.45) is 1.66. The number of nitrogens with zero attached hydrogens (tertiary/aromatic N) is 2. The first-order valence-corrected chi connectivity index (χ1v) is 11.3. The van der Waals surface area contributed by atoms with Gasteiger partial charge in [0.25, 0.3) is 0 Å². The molecule has 1 fully saturated rings. The lowest BCUT2D eigenvalue weighted by Crippen LogP contribution is -2.42. The molecule has 2 aromatic rings. The first-order valence-electron chi connectivity index (χ1n) is 10.9. The molecule has 0 bridgehead atoms. The van der Waals surface area contributed by atoms with Crippen LogP contribution < -0.4 is 20.2 Å². The summed E-state index contributed by atoms with van der Waals surface area (Å²) in [5.74, 6) is 0.816. The number of esters is 1. The van der Waals surface area contributed by atoms with Crippen LogP contribution in [0.3, 0.4) is 0 Å². The second kappa shape index (κ2) is 13.5. The van der Waals surface area contributed by atoms with Crippen LogP contribution in [0.5, 0.6) is 11.5 Å². The number of hydrazone groups is 1. The van der Waals surface area contributed by atoms with Crippen LogP contribution in [0.2, 0.25) is 0 Å². The fourth-order valence-corrected chi connectivity index (χ4v) is 3.41. The minimum Gasteiger partial charge on any atom is -0.493 e. The number of ether oxygens (including phenoxy) is 4. The van der Waals surface area contributed by atoms with E-state index in [1.807, 2.05) is 30.3 Å². The lowest BCUT2D eigenvalue weighted by molar-refractivity contribution is 0.0389. The zero-order valence-electron chi connectivity index (χ0n) is 19.4. The molecule has 0 aromatic heterocycles. The van der Waals surface area contributed by atoms with Crippen molar-refractivity contribution < 1.29 is 23.7 Å². The van der Waals surface area contributed by atoms with Gasteiger partial charge in [-0.3, -0.25) is 10.3 Å². The summed E-state index contributed by atoms with van der Waals surface area (Å²) in [5, 5.41) is 7.80. The summed E-state index contributed by atoms with van der Waals surface area (Å²) in [7, 11) is 2.94. The van der Waals surface area contributed by atoms with Crippen molar-refractivity contribution in [1.29, 1.82) is 0 Å². The predicted molar refractivity (Wildman–Crippen MR) is 134 cm³/mol. The van der Waals surface area contributed by atoms with Crippen molar-refractivity contribution in [3.8, 4) is 11.5 Å². The number of rotatable bonds is 10. The molecule has 1 aliphatic rings. The van der Waals surface area contributed by atoms with Gasteiger partial charge in [0.15, 0.2) is 16.6 Å². The highest BCUT2D eigenvalue weighted by atomic mass is 32.1. The number of methoxy groups -OCH3 is 2. The molecule has 34 heavy (non-hydrogen) atoms. The minimum absolute atomic E-state index is 0.331. The van der Waals surface area contributed by atoms with Gasteiger partial charge in [-0.1, -0.05) is 12.1 Å². The van der Waals surface area contributed by atoms with E-state index in [1.54, 1.807) is 25.5 Å². The number of carbonyl (C=O) groups excluding carboxylic acids is 1. The normalized spacial score (nSPS) is 13.9. The number of nitrogens with one attached hydrogen (secondary N) is 2. The first kappa shape index (κ1) is 25.4. The van der Waals surface area contributed by atoms with E-state index < -0.39 is 0 Å². The largest absolute Gasteiger partial charge is 0.493 e. The van der Waals surface area contributed by atoms with Crippen LogP contribution in [0.4, 0.5) is 0 Å². The lowest BCUT2D eigenvalue weighted by Gasteiger charge is -2.26. The standard InChI is InChI=1S/C24H30N4O5S/c1-30-22-15-19(16-26-27-24(34)25-9-10-28-11-13-32-14-12-28)5-8-21(22)33-17-18-3-6-20(7-4-18)23(29)31-2/h3-8,15-16H,9-14,17H2,1-2H3,(H2,25,27,34)/b26-16-. The lowest BCUT2D eigenvalue weighted by atomic mass is 10.1. The monoisotopic (exact) mass is 486 g/mol. The molecule has 3 rings (SSSR count). The summed E-state index contributed by atoms with van der Waals surface area (Å²) < 4.78 is 21.4. The van der Waals surface area contributed by atoms with Gasteiger partial charge < -0.3 is 24.3 Å². The van der Waals surface area contributed by atoms with E-state index in [0.717, 1.165) is 50.5 Å². The third kappa shape index (κ3) is 7.98. The van der Waals surface area contributed by atoms with Crippen LogP contribution in [-0.2, 0) is 16.1 Å². The quantitative estimate of drug-likeness (QED) is 0.227. The van der Waals surface area contributed by atoms with Gasteiger partial charge in [-0.05, 0) is 53.7 Å². The van der Waals surface area contributed by atoms with Gasteiger partial charge in [0.05, 0.1) is 39.2 Å². The maximum atomic E-state index is 11.5. The van der Waals surface area contributed by atoms with Gasteiger partial charge in [-0.2, -0.15) is 5.10 Å². The first-order chi connectivity index (χ1) is 16.6. The number of carbonyl (C=O) groups is 1. The SMILES string of the molecule is COC(=O)c1ccc(COc2ccc(/C=N\NC(=S)NCCN3CCOCC3)cc2OC)cc1. The van der Waals surface area contributed by atoms with Gasteiger partial charge in [0, 0.05) is 26.2 Å². The summed E-state index contributed by atoms with van der Waals surface area (Å²) in [6, 6.07) is 12.6. The molecule has 9 nitrogen and oxygen atoms in total. The smallest absolute Gasteiger partial charge is 0.337 e. The zero-order valence-corrected chi connectivity index (χ0v) is 20.2. The van der Waals surface area contributed by atoms with E-state index in [-0.39, 0.29) is 5.97 Å². The number of benzene rings is 2. The molecule has 0 amide bonds. The maximum absolute atomic E-state index is 11.5. The number of hydrogen-bond donors (Lipinski definition) is 2. The summed E-state index contributed by atoms with van der Waals surface area (Å²) in [5.41, 5.74) is 5.06. The van der Waals surface area contributed by atoms with Gasteiger partial charge in [-0.25, -0.2) is 4.79 Å². The highest BCUT2D eigenvalue weighted by Crippen LogP contribution is 2.28. The molecule has 0 aliphatic carbocycles. The number of hydrogen-bond acceptors (Lipinski definition) is 8. The predicted octanol–water partition coefficient (Wildman–Crippen LogP) is 2.19. The summed E-state index contributed by atoms with van der Waals surface area (Å²) >= 11 is 5.27. The van der Waals surface area contributed by atoms with Crippen LogP contribution >= 0.6 is 12.2 Å². The molecular weight excluding hydrogens is 456 g/mol. The average Bonchev–Trinajstić information content (AvgIpc) is 2.88. The highest BCUT2D eigenvalue weighted by Gasteiger charge is 2.10. The van der Waals surface area contributed by atoms with Crippen LogP contribution in [0.25, 0.3) is 0 Å². The van der Waals surface area contributed by atoms with Crippen LogP contribution in [0, 0.1) is 0 Å². The fraction of sp³-hybridized carbons (Fsp3) is 0.375. The molecule has 1 saturated heterocycles. The van der Waals surface area contributed by atoms with Gasteiger partial charge in [0.1, 0.15) is 6.61 Å². The van der Waals surface area contributed by atoms with Crippen molar-refractivity contribution in [2.75, 3.05) is 53.6 Å². The average molecular weight is 487 g/mol. The van der Waals surface area contributed by atoms with Crippen LogP contribution in [0.1, 0.15) is 21.5 Å². The van der Waals surface area contributed by atoms with Crippen LogP contribution in [0.15, 0.2) is 47.6 Å². The fourth-order valence-electron chi connectivity index (χ4n) is 3.26. The third-order valence-electron chi connectivity index (χ3n) is 5.15. The molecular formula is C24H30N4O5S. The van der Waals surface area contributed by atoms with Crippen molar-refractivity contribution in [1.82, 2.24) is 15.6 Å². The van der Waals surface area contributed by atoms with E-state index in [0.29, 0.717) is 28.8 Å². The number of morpholine rings is 1. The molecule has 182 valence electrons. The van der Waals surface area contributed by atoms with E-state index in [1.165, 1.54) is 7.11 Å². The van der Waals surface area contributed by atoms with Gasteiger partial charge in [0.2, 0.25) is 0 Å². The molecule has 2 N–H and O–H groups in total. The van der Waals surface area contributed by atoms with E-state index >= 15 is 0 Å². The Balaban J connectivity index is 1.45. The van der Waals surface area contributed by atoms with Crippen molar-refractivity contribution in [2.24, 2.45) is 5.10 Å². The number of thiocarbonyl (C=S) groups is 1. The zero-order chi connectivity index (χ0) is 24.2. The molecule has 1 aliphatic heterocycles. The summed E-state index contributed by atoms with van der Waals surface area (Å²) in [4.78, 5) is 13.9. The Labute approximate surface area is 205 Å². The van der Waals surface area contributed by atoms with E-state index in [2.05, 4.69) is 20.7 Å². The second-order valence-electron chi connectivity index (χ2n) is 7.47. The Morgan fingerprint density at radius 2 is 1.91 bits per heavy atom. The van der Waals surface area contributed by atoms with Gasteiger partial charge >= 0.3 is 5.97 Å².